The van der Waals surface area contributed by atoms with Gasteiger partial charge >= 0.3 is 0 Å². The number of pyridine rings is 3. The van der Waals surface area contributed by atoms with Crippen molar-refractivity contribution < 1.29 is 0 Å². The zero-order chi connectivity index (χ0) is 23.6. The smallest absolute Gasteiger partial charge is 0.257 e. The molecule has 0 spiro atoms. The van der Waals surface area contributed by atoms with Crippen molar-refractivity contribution in [1.29, 1.82) is 0 Å². The molecule has 6 aromatic rings. The Morgan fingerprint density at radius 1 is 0.829 bits per heavy atom. The first-order chi connectivity index (χ1) is 17.2. The van der Waals surface area contributed by atoms with Crippen molar-refractivity contribution in [3.8, 4) is 22.4 Å². The second-order valence-electron chi connectivity index (χ2n) is 8.35. The van der Waals surface area contributed by atoms with Gasteiger partial charge in [0.2, 0.25) is 0 Å². The molecule has 0 amide bonds. The first-order valence-electron chi connectivity index (χ1n) is 11.4. The second-order valence-corrected chi connectivity index (χ2v) is 8.35. The van der Waals surface area contributed by atoms with Gasteiger partial charge < -0.3 is 15.3 Å². The Bertz CT molecular complexity index is 1650. The highest BCUT2D eigenvalue weighted by Gasteiger charge is 2.13. The van der Waals surface area contributed by atoms with Crippen LogP contribution in [0.5, 0.6) is 0 Å². The molecule has 170 valence electrons. The predicted octanol–water partition coefficient (Wildman–Crippen LogP) is 4.82. The topological polar surface area (TPSA) is 99.3 Å². The van der Waals surface area contributed by atoms with Gasteiger partial charge in [0.25, 0.3) is 5.56 Å². The minimum Gasteiger partial charge on any atom is -0.340 e. The Hall–Kier alpha value is -4.62. The average molecular weight is 459 g/mol. The quantitative estimate of drug-likeness (QED) is 0.332. The first-order valence-corrected chi connectivity index (χ1v) is 11.4. The molecule has 35 heavy (non-hydrogen) atoms. The molecule has 0 aliphatic heterocycles. The highest BCUT2D eigenvalue weighted by atomic mass is 16.1. The lowest BCUT2D eigenvalue weighted by molar-refractivity contribution is 0.670. The lowest BCUT2D eigenvalue weighted by Crippen LogP contribution is -2.13. The molecule has 0 fully saturated rings. The second kappa shape index (κ2) is 8.96. The van der Waals surface area contributed by atoms with E-state index in [-0.39, 0.29) is 5.56 Å². The number of hydrogen-bond donors (Lipinski definition) is 3. The van der Waals surface area contributed by atoms with Crippen molar-refractivity contribution in [3.63, 3.8) is 0 Å². The third kappa shape index (κ3) is 4.20. The molecule has 0 aliphatic rings. The standard InChI is InChI=1S/C28H22N6O/c35-28-22-15-21(19-5-2-1-3-6-19)26(33-23(22)12-14-31-28)20-10-8-18(9-11-20)16-29-17-25-32-24-7-4-13-30-27(24)34-25/h1-15,29H,16-17H2,(H,31,35)(H,30,32,34). The van der Waals surface area contributed by atoms with Gasteiger partial charge in [0.05, 0.1) is 28.7 Å². The van der Waals surface area contributed by atoms with Gasteiger partial charge in [0, 0.05) is 30.1 Å². The van der Waals surface area contributed by atoms with Gasteiger partial charge in [-0.3, -0.25) is 4.79 Å². The minimum absolute atomic E-state index is 0.139. The minimum atomic E-state index is -0.139. The predicted molar refractivity (Wildman–Crippen MR) is 138 cm³/mol. The van der Waals surface area contributed by atoms with Gasteiger partial charge in [-0.05, 0) is 35.4 Å². The molecule has 0 aliphatic carbocycles. The zero-order valence-electron chi connectivity index (χ0n) is 18.8. The summed E-state index contributed by atoms with van der Waals surface area (Å²) < 4.78 is 0. The summed E-state index contributed by atoms with van der Waals surface area (Å²) in [5.41, 5.74) is 7.16. The van der Waals surface area contributed by atoms with E-state index in [0.29, 0.717) is 24.0 Å². The van der Waals surface area contributed by atoms with Crippen molar-refractivity contribution in [2.75, 3.05) is 0 Å². The van der Waals surface area contributed by atoms with Gasteiger partial charge in [0.1, 0.15) is 5.82 Å². The summed E-state index contributed by atoms with van der Waals surface area (Å²) in [5, 5.41) is 4.01. The molecule has 0 unspecified atom stereocenters. The maximum atomic E-state index is 12.4. The van der Waals surface area contributed by atoms with Crippen LogP contribution in [0.2, 0.25) is 0 Å². The Labute approximate surface area is 200 Å². The van der Waals surface area contributed by atoms with Crippen molar-refractivity contribution in [2.45, 2.75) is 13.1 Å². The highest BCUT2D eigenvalue weighted by molar-refractivity contribution is 5.91. The van der Waals surface area contributed by atoms with Crippen molar-refractivity contribution >= 4 is 22.1 Å². The van der Waals surface area contributed by atoms with Gasteiger partial charge in [-0.15, -0.1) is 0 Å². The van der Waals surface area contributed by atoms with Gasteiger partial charge in [-0.2, -0.15) is 0 Å². The van der Waals surface area contributed by atoms with Crippen LogP contribution in [-0.2, 0) is 13.1 Å². The summed E-state index contributed by atoms with van der Waals surface area (Å²) in [6.45, 7) is 1.33. The Morgan fingerprint density at radius 3 is 2.51 bits per heavy atom. The van der Waals surface area contributed by atoms with Crippen LogP contribution in [0.25, 0.3) is 44.5 Å². The van der Waals surface area contributed by atoms with Crippen LogP contribution in [-0.4, -0.2) is 24.9 Å². The lowest BCUT2D eigenvalue weighted by atomic mass is 9.97. The number of rotatable bonds is 6. The largest absolute Gasteiger partial charge is 0.340 e. The average Bonchev–Trinajstić information content (AvgIpc) is 3.32. The molecule has 0 bridgehead atoms. The normalized spacial score (nSPS) is 11.3. The number of fused-ring (bicyclic) bond motifs is 2. The highest BCUT2D eigenvalue weighted by Crippen LogP contribution is 2.32. The molecular weight excluding hydrogens is 436 g/mol. The summed E-state index contributed by atoms with van der Waals surface area (Å²) in [6.07, 6.45) is 3.38. The van der Waals surface area contributed by atoms with E-state index in [1.165, 1.54) is 0 Å². The van der Waals surface area contributed by atoms with Crippen LogP contribution < -0.4 is 10.9 Å². The maximum absolute atomic E-state index is 12.4. The molecular formula is C28H22N6O. The summed E-state index contributed by atoms with van der Waals surface area (Å²) in [5.74, 6) is 0.859. The molecule has 6 rings (SSSR count). The lowest BCUT2D eigenvalue weighted by Gasteiger charge is -2.12. The molecule has 3 N–H and O–H groups in total. The number of aromatic nitrogens is 5. The molecule has 7 heteroatoms. The van der Waals surface area contributed by atoms with E-state index in [9.17, 15) is 4.79 Å². The monoisotopic (exact) mass is 458 g/mol. The van der Waals surface area contributed by atoms with E-state index in [1.807, 2.05) is 54.6 Å². The molecule has 7 nitrogen and oxygen atoms in total. The summed E-state index contributed by atoms with van der Waals surface area (Å²) >= 11 is 0. The van der Waals surface area contributed by atoms with E-state index in [1.54, 1.807) is 12.4 Å². The van der Waals surface area contributed by atoms with E-state index in [0.717, 1.165) is 44.9 Å². The van der Waals surface area contributed by atoms with Crippen molar-refractivity contribution in [2.24, 2.45) is 0 Å². The Kier molecular flexibility index (Phi) is 5.37. The van der Waals surface area contributed by atoms with E-state index in [4.69, 9.17) is 4.98 Å². The van der Waals surface area contributed by atoms with Gasteiger partial charge in [-0.1, -0.05) is 54.6 Å². The number of H-pyrrole nitrogens is 2. The van der Waals surface area contributed by atoms with Crippen molar-refractivity contribution in [3.05, 3.63) is 113 Å². The summed E-state index contributed by atoms with van der Waals surface area (Å²) in [4.78, 5) is 32.1. The fourth-order valence-electron chi connectivity index (χ4n) is 4.25. The van der Waals surface area contributed by atoms with Crippen LogP contribution in [0.15, 0.2) is 96.1 Å². The first kappa shape index (κ1) is 20.9. The molecule has 4 aromatic heterocycles. The zero-order valence-corrected chi connectivity index (χ0v) is 18.8. The van der Waals surface area contributed by atoms with Crippen LogP contribution in [0.3, 0.4) is 0 Å². The third-order valence-electron chi connectivity index (χ3n) is 5.99. The fourth-order valence-corrected chi connectivity index (χ4v) is 4.25. The summed E-state index contributed by atoms with van der Waals surface area (Å²) in [6, 6.07) is 26.0. The number of hydrogen-bond acceptors (Lipinski definition) is 5. The molecule has 4 heterocycles. The molecule has 2 aromatic carbocycles. The Morgan fingerprint density at radius 2 is 1.69 bits per heavy atom. The Balaban J connectivity index is 1.26. The molecule has 0 saturated heterocycles. The molecule has 0 radical (unpaired) electrons. The maximum Gasteiger partial charge on any atom is 0.257 e. The molecule has 0 saturated carbocycles. The van der Waals surface area contributed by atoms with Crippen LogP contribution in [0, 0.1) is 0 Å². The number of nitrogens with zero attached hydrogens (tertiary/aromatic N) is 3. The number of benzene rings is 2. The van der Waals surface area contributed by atoms with Gasteiger partial charge in [-0.25, -0.2) is 15.0 Å². The van der Waals surface area contributed by atoms with E-state index < -0.39 is 0 Å². The van der Waals surface area contributed by atoms with Crippen LogP contribution in [0.4, 0.5) is 0 Å². The fraction of sp³-hybridized carbons (Fsp3) is 0.0714. The SMILES string of the molecule is O=c1[nH]ccc2nc(-c3ccc(CNCc4nc5ncccc5[nH]4)cc3)c(-c3ccccc3)cc12. The number of aromatic amines is 2. The summed E-state index contributed by atoms with van der Waals surface area (Å²) in [7, 11) is 0. The van der Waals surface area contributed by atoms with Crippen LogP contribution in [0.1, 0.15) is 11.4 Å². The third-order valence-corrected chi connectivity index (χ3v) is 5.99. The van der Waals surface area contributed by atoms with E-state index >= 15 is 0 Å². The van der Waals surface area contributed by atoms with Crippen molar-refractivity contribution in [1.82, 2.24) is 30.2 Å². The number of imidazole rings is 1. The van der Waals surface area contributed by atoms with Gasteiger partial charge in [0.15, 0.2) is 5.65 Å². The van der Waals surface area contributed by atoms with Crippen LogP contribution >= 0.6 is 0 Å². The molecule has 0 atom stereocenters. The number of nitrogens with one attached hydrogen (secondary N) is 3. The van der Waals surface area contributed by atoms with E-state index in [2.05, 4.69) is 49.5 Å².